The molecule has 0 bridgehead atoms. The number of anilines is 1. The maximum Gasteiger partial charge on any atom is 0.407 e. The molecule has 0 spiro atoms. The number of hydrogen-bond acceptors (Lipinski definition) is 6. The highest BCUT2D eigenvalue weighted by molar-refractivity contribution is 6.29. The summed E-state index contributed by atoms with van der Waals surface area (Å²) in [4.78, 5) is 29.6. The van der Waals surface area contributed by atoms with E-state index in [4.69, 9.17) is 21.1 Å². The topological polar surface area (TPSA) is 106 Å². The number of ether oxygens (including phenoxy) is 2. The molecular weight excluding hydrogens is 400 g/mol. The van der Waals surface area contributed by atoms with E-state index < -0.39 is 6.09 Å². The molecule has 29 heavy (non-hydrogen) atoms. The fourth-order valence-electron chi connectivity index (χ4n) is 3.40. The second-order valence-corrected chi connectivity index (χ2v) is 7.07. The first-order chi connectivity index (χ1) is 13.9. The Morgan fingerprint density at radius 1 is 1.38 bits per heavy atom. The zero-order chi connectivity index (χ0) is 21.0. The number of carboxylic acid groups (broad SMARTS) is 1. The van der Waals surface area contributed by atoms with Crippen molar-refractivity contribution in [2.75, 3.05) is 32.6 Å². The van der Waals surface area contributed by atoms with Gasteiger partial charge in [-0.25, -0.2) is 9.78 Å². The third-order valence-corrected chi connectivity index (χ3v) is 5.08. The average Bonchev–Trinajstić information content (AvgIpc) is 2.73. The number of likely N-dealkylation sites (tertiary alicyclic amines) is 1. The summed E-state index contributed by atoms with van der Waals surface area (Å²) in [5.74, 6) is 1.38. The quantitative estimate of drug-likeness (QED) is 0.737. The van der Waals surface area contributed by atoms with Gasteiger partial charge in [-0.15, -0.1) is 0 Å². The van der Waals surface area contributed by atoms with E-state index in [0.717, 1.165) is 5.56 Å². The number of hydrogen-bond donors (Lipinski definition) is 2. The zero-order valence-corrected chi connectivity index (χ0v) is 17.0. The van der Waals surface area contributed by atoms with Gasteiger partial charge in [0, 0.05) is 37.5 Å². The zero-order valence-electron chi connectivity index (χ0n) is 16.2. The van der Waals surface area contributed by atoms with Gasteiger partial charge in [-0.3, -0.25) is 4.79 Å². The molecule has 156 valence electrons. The first-order valence-electron chi connectivity index (χ1n) is 9.14. The highest BCUT2D eigenvalue weighted by Gasteiger charge is 2.26. The average molecular weight is 423 g/mol. The largest absolute Gasteiger partial charge is 0.497 e. The van der Waals surface area contributed by atoms with Gasteiger partial charge in [-0.2, -0.15) is 0 Å². The molecule has 2 heterocycles. The number of rotatable bonds is 6. The molecule has 1 atom stereocenters. The van der Waals surface area contributed by atoms with Crippen molar-refractivity contribution in [2.24, 2.45) is 0 Å². The summed E-state index contributed by atoms with van der Waals surface area (Å²) < 4.78 is 12.0. The summed E-state index contributed by atoms with van der Waals surface area (Å²) in [6.45, 7) is 0.991. The number of halogens is 1. The van der Waals surface area contributed by atoms with Crippen LogP contribution in [0.1, 0.15) is 24.4 Å². The normalized spacial score (nSPS) is 16.4. The number of benzene rings is 1. The SMILES string of the molecule is COc1ccc(CNc2nc(Cl)cn(C3CCCN(C(=O)O)C3)c2=O)c(OC)c1. The number of nitrogens with zero attached hydrogens (tertiary/aromatic N) is 3. The lowest BCUT2D eigenvalue weighted by molar-refractivity contribution is 0.121. The van der Waals surface area contributed by atoms with Crippen LogP contribution >= 0.6 is 11.6 Å². The lowest BCUT2D eigenvalue weighted by Crippen LogP contribution is -2.42. The van der Waals surface area contributed by atoms with Crippen LogP contribution in [0.4, 0.5) is 10.6 Å². The number of amides is 1. The van der Waals surface area contributed by atoms with Gasteiger partial charge >= 0.3 is 6.09 Å². The van der Waals surface area contributed by atoms with E-state index in [1.54, 1.807) is 26.4 Å². The van der Waals surface area contributed by atoms with Gasteiger partial charge in [-0.05, 0) is 25.0 Å². The molecule has 0 saturated carbocycles. The summed E-state index contributed by atoms with van der Waals surface area (Å²) in [6.07, 6.45) is 1.83. The molecule has 2 N–H and O–H groups in total. The van der Waals surface area contributed by atoms with Crippen LogP contribution in [0.15, 0.2) is 29.2 Å². The Bertz CT molecular complexity index is 949. The summed E-state index contributed by atoms with van der Waals surface area (Å²) in [5, 5.41) is 12.4. The van der Waals surface area contributed by atoms with Gasteiger partial charge in [0.05, 0.1) is 20.3 Å². The second-order valence-electron chi connectivity index (χ2n) is 6.68. The number of nitrogens with one attached hydrogen (secondary N) is 1. The lowest BCUT2D eigenvalue weighted by Gasteiger charge is -2.32. The van der Waals surface area contributed by atoms with Crippen molar-refractivity contribution in [3.63, 3.8) is 0 Å². The van der Waals surface area contributed by atoms with Crippen molar-refractivity contribution < 1.29 is 19.4 Å². The van der Waals surface area contributed by atoms with Gasteiger partial charge in [-0.1, -0.05) is 11.6 Å². The number of carbonyl (C=O) groups is 1. The van der Waals surface area contributed by atoms with Crippen molar-refractivity contribution in [2.45, 2.75) is 25.4 Å². The molecule has 0 aliphatic carbocycles. The third kappa shape index (κ3) is 4.73. The molecule has 1 unspecified atom stereocenters. The molecule has 1 saturated heterocycles. The predicted octanol–water partition coefficient (Wildman–Crippen LogP) is 2.84. The monoisotopic (exact) mass is 422 g/mol. The van der Waals surface area contributed by atoms with Gasteiger partial charge in [0.1, 0.15) is 16.7 Å². The van der Waals surface area contributed by atoms with E-state index in [1.807, 2.05) is 6.07 Å². The van der Waals surface area contributed by atoms with Gasteiger partial charge in [0.2, 0.25) is 0 Å². The Kier molecular flexibility index (Phi) is 6.48. The van der Waals surface area contributed by atoms with Crippen LogP contribution < -0.4 is 20.3 Å². The minimum atomic E-state index is -0.993. The van der Waals surface area contributed by atoms with Crippen molar-refractivity contribution in [1.82, 2.24) is 14.5 Å². The molecule has 0 radical (unpaired) electrons. The Hall–Kier alpha value is -2.94. The van der Waals surface area contributed by atoms with Crippen molar-refractivity contribution in [3.8, 4) is 11.5 Å². The summed E-state index contributed by atoms with van der Waals surface area (Å²) in [7, 11) is 3.13. The molecule has 10 heteroatoms. The van der Waals surface area contributed by atoms with Gasteiger partial charge in [0.25, 0.3) is 5.56 Å². The molecule has 9 nitrogen and oxygen atoms in total. The Labute approximate surface area is 172 Å². The first-order valence-corrected chi connectivity index (χ1v) is 9.52. The Balaban J connectivity index is 1.83. The maximum absolute atomic E-state index is 12.9. The fourth-order valence-corrected chi connectivity index (χ4v) is 3.59. The van der Waals surface area contributed by atoms with Crippen LogP contribution in [0.2, 0.25) is 5.15 Å². The molecule has 1 aliphatic rings. The highest BCUT2D eigenvalue weighted by Crippen LogP contribution is 2.25. The first kappa shape index (κ1) is 20.8. The van der Waals surface area contributed by atoms with Crippen LogP contribution in [0.25, 0.3) is 0 Å². The molecule has 1 aromatic carbocycles. The second kappa shape index (κ2) is 9.04. The van der Waals surface area contributed by atoms with Crippen molar-refractivity contribution in [1.29, 1.82) is 0 Å². The predicted molar refractivity (Wildman–Crippen MR) is 108 cm³/mol. The molecule has 1 fully saturated rings. The summed E-state index contributed by atoms with van der Waals surface area (Å²) in [5.41, 5.74) is 0.467. The molecule has 1 amide bonds. The maximum atomic E-state index is 12.9. The van der Waals surface area contributed by atoms with Crippen LogP contribution in [0.3, 0.4) is 0 Å². The van der Waals surface area contributed by atoms with Gasteiger partial charge < -0.3 is 29.4 Å². The lowest BCUT2D eigenvalue weighted by atomic mass is 10.1. The van der Waals surface area contributed by atoms with Crippen LogP contribution in [-0.4, -0.2) is 53.0 Å². The smallest absolute Gasteiger partial charge is 0.407 e. The third-order valence-electron chi connectivity index (χ3n) is 4.90. The van der Waals surface area contributed by atoms with E-state index in [2.05, 4.69) is 10.3 Å². The van der Waals surface area contributed by atoms with E-state index in [9.17, 15) is 14.7 Å². The Morgan fingerprint density at radius 3 is 2.86 bits per heavy atom. The summed E-state index contributed by atoms with van der Waals surface area (Å²) >= 11 is 6.14. The highest BCUT2D eigenvalue weighted by atomic mass is 35.5. The van der Waals surface area contributed by atoms with Crippen LogP contribution in [0, 0.1) is 0 Å². The van der Waals surface area contributed by atoms with E-state index in [-0.39, 0.29) is 29.1 Å². The van der Waals surface area contributed by atoms with Crippen LogP contribution in [-0.2, 0) is 6.54 Å². The molecule has 2 aromatic rings. The minimum Gasteiger partial charge on any atom is -0.497 e. The fraction of sp³-hybridized carbons (Fsp3) is 0.421. The van der Waals surface area contributed by atoms with Crippen LogP contribution in [0.5, 0.6) is 11.5 Å². The van der Waals surface area contributed by atoms with E-state index in [1.165, 1.54) is 15.7 Å². The molecular formula is C19H23ClN4O5. The number of aromatic nitrogens is 2. The molecule has 1 aromatic heterocycles. The molecule has 1 aliphatic heterocycles. The van der Waals surface area contributed by atoms with E-state index in [0.29, 0.717) is 37.4 Å². The van der Waals surface area contributed by atoms with E-state index >= 15 is 0 Å². The number of methoxy groups -OCH3 is 2. The van der Waals surface area contributed by atoms with Gasteiger partial charge in [0.15, 0.2) is 5.82 Å². The number of piperidine rings is 1. The van der Waals surface area contributed by atoms with Crippen molar-refractivity contribution in [3.05, 3.63) is 45.5 Å². The standard InChI is InChI=1S/C19H23ClN4O5/c1-28-14-6-5-12(15(8-14)29-2)9-21-17-18(25)24(11-16(20)22-17)13-4-3-7-23(10-13)19(26)27/h5-6,8,11,13H,3-4,7,9-10H2,1-2H3,(H,21,22)(H,26,27). The van der Waals surface area contributed by atoms with Crippen molar-refractivity contribution >= 4 is 23.5 Å². The minimum absolute atomic E-state index is 0.0998. The molecule has 3 rings (SSSR count). The Morgan fingerprint density at radius 2 is 2.17 bits per heavy atom. The summed E-state index contributed by atoms with van der Waals surface area (Å²) in [6, 6.07) is 5.10.